The van der Waals surface area contributed by atoms with Gasteiger partial charge < -0.3 is 26.2 Å². The molecule has 300 valence electrons. The van der Waals surface area contributed by atoms with Crippen molar-refractivity contribution in [2.75, 3.05) is 7.05 Å². The molecule has 0 radical (unpaired) electrons. The van der Waals surface area contributed by atoms with Gasteiger partial charge in [0.25, 0.3) is 5.91 Å². The van der Waals surface area contributed by atoms with Crippen LogP contribution in [0.25, 0.3) is 24.3 Å². The second kappa shape index (κ2) is 21.4. The number of carboxylic acid groups (broad SMARTS) is 2. The molecule has 0 saturated carbocycles. The number of nitrogens with one attached hydrogen (secondary N) is 3. The smallest absolute Gasteiger partial charge is 0.326 e. The molecule has 12 heteroatoms. The normalized spacial score (nSPS) is 13.2. The van der Waals surface area contributed by atoms with Gasteiger partial charge in [0.2, 0.25) is 11.8 Å². The topological polar surface area (TPSA) is 196 Å². The molecule has 4 aromatic carbocycles. The van der Waals surface area contributed by atoms with Crippen molar-refractivity contribution in [3.8, 4) is 0 Å². The van der Waals surface area contributed by atoms with E-state index in [4.69, 9.17) is 5.11 Å². The largest absolute Gasteiger partial charge is 0.481 e. The Hall–Kier alpha value is -6.95. The van der Waals surface area contributed by atoms with Crippen molar-refractivity contribution < 1.29 is 43.8 Å². The Balaban J connectivity index is 1.28. The fourth-order valence-corrected chi connectivity index (χ4v) is 5.94. The molecule has 0 aliphatic heterocycles. The average molecular weight is 786 g/mol. The van der Waals surface area contributed by atoms with E-state index in [1.165, 1.54) is 6.92 Å². The van der Waals surface area contributed by atoms with Crippen molar-refractivity contribution in [1.29, 1.82) is 0 Å². The number of Topliss-reactive ketones (excluding diaryl/α,β-unsaturated/α-hetero) is 2. The van der Waals surface area contributed by atoms with E-state index in [-0.39, 0.29) is 31.0 Å². The quantitative estimate of drug-likeness (QED) is 0.0530. The zero-order valence-corrected chi connectivity index (χ0v) is 32.5. The van der Waals surface area contributed by atoms with Gasteiger partial charge in [-0.1, -0.05) is 122 Å². The number of carboxylic acids is 2. The van der Waals surface area contributed by atoms with Crippen molar-refractivity contribution in [3.63, 3.8) is 0 Å². The number of amides is 3. The first kappa shape index (κ1) is 43.8. The molecule has 0 aliphatic carbocycles. The summed E-state index contributed by atoms with van der Waals surface area (Å²) >= 11 is 0. The molecule has 0 spiro atoms. The lowest BCUT2D eigenvalue weighted by Gasteiger charge is -2.22. The molecule has 0 fully saturated rings. The predicted octanol–water partition coefficient (Wildman–Crippen LogP) is 5.96. The molecule has 12 nitrogen and oxygen atoms in total. The highest BCUT2D eigenvalue weighted by molar-refractivity contribution is 6.00. The molecule has 0 heterocycles. The number of carbonyl (C=O) groups excluding carboxylic acids is 5. The van der Waals surface area contributed by atoms with Crippen LogP contribution in [-0.2, 0) is 30.4 Å². The third kappa shape index (κ3) is 13.7. The van der Waals surface area contributed by atoms with Crippen LogP contribution < -0.4 is 16.0 Å². The lowest BCUT2D eigenvalue weighted by Crippen LogP contribution is -2.47. The van der Waals surface area contributed by atoms with Crippen LogP contribution in [0.2, 0.25) is 0 Å². The lowest BCUT2D eigenvalue weighted by molar-refractivity contribution is -0.147. The Labute approximate surface area is 337 Å². The molecule has 0 aromatic heterocycles. The average Bonchev–Trinajstić information content (AvgIpc) is 3.22. The van der Waals surface area contributed by atoms with Crippen LogP contribution in [0.5, 0.6) is 0 Å². The van der Waals surface area contributed by atoms with Gasteiger partial charge >= 0.3 is 11.9 Å². The fraction of sp³-hybridized carbons (Fsp3) is 0.239. The molecule has 0 aliphatic rings. The number of carbonyl (C=O) groups is 7. The van der Waals surface area contributed by atoms with Crippen molar-refractivity contribution in [2.45, 2.75) is 51.6 Å². The predicted molar refractivity (Wildman–Crippen MR) is 221 cm³/mol. The Kier molecular flexibility index (Phi) is 16.1. The summed E-state index contributed by atoms with van der Waals surface area (Å²) < 4.78 is 0. The SMILES string of the molecule is CNC(=O)c1ccc(/C=C/c2ccc(/C=C/c3ccc(C(=O)C[C@@H](C)C(=O)N[C@@H](C)C(=O)C[C@@H](Cc4ccccc4)C(=O)N[C@@H](CC(=O)O)C(=O)O)cc3)cc2)cc1. The number of hydrogen-bond acceptors (Lipinski definition) is 7. The molecule has 4 atom stereocenters. The standard InChI is InChI=1S/C46H47N3O9/c1-29(43(54)48-30(2)40(50)27-38(26-35-7-5-4-6-8-35)45(56)49-39(46(57)58)28-42(52)53)25-41(51)36-21-17-33(18-22-36)15-13-31-9-11-32(12-10-31)14-16-34-19-23-37(24-20-34)44(55)47-3/h4-24,29-30,38-39H,25-28H2,1-3H3,(H,47,55)(H,48,54)(H,49,56)(H,52,53)(H,57,58)/b15-13+,16-14+/t29-,30+,38-,39+/m1/s1. The molecule has 0 unspecified atom stereocenters. The van der Waals surface area contributed by atoms with Crippen LogP contribution in [0.4, 0.5) is 0 Å². The monoisotopic (exact) mass is 785 g/mol. The molecule has 0 saturated heterocycles. The Morgan fingerprint density at radius 1 is 0.586 bits per heavy atom. The number of hydrogen-bond donors (Lipinski definition) is 5. The Morgan fingerprint density at radius 3 is 1.53 bits per heavy atom. The molecule has 3 amide bonds. The third-order valence-electron chi connectivity index (χ3n) is 9.42. The summed E-state index contributed by atoms with van der Waals surface area (Å²) in [7, 11) is 1.60. The molecule has 0 bridgehead atoms. The van der Waals surface area contributed by atoms with E-state index in [0.717, 1.165) is 22.3 Å². The molecule has 58 heavy (non-hydrogen) atoms. The zero-order chi connectivity index (χ0) is 42.2. The summed E-state index contributed by atoms with van der Waals surface area (Å²) in [5, 5.41) is 25.9. The summed E-state index contributed by atoms with van der Waals surface area (Å²) in [6.45, 7) is 3.04. The maximum absolute atomic E-state index is 13.3. The van der Waals surface area contributed by atoms with Crippen LogP contribution in [0.3, 0.4) is 0 Å². The van der Waals surface area contributed by atoms with Gasteiger partial charge in [0.15, 0.2) is 11.6 Å². The highest BCUT2D eigenvalue weighted by Crippen LogP contribution is 2.18. The first-order valence-corrected chi connectivity index (χ1v) is 18.8. The van der Waals surface area contributed by atoms with E-state index in [1.54, 1.807) is 68.6 Å². The summed E-state index contributed by atoms with van der Waals surface area (Å²) in [5.41, 5.74) is 5.57. The first-order valence-electron chi connectivity index (χ1n) is 18.8. The fourth-order valence-electron chi connectivity index (χ4n) is 5.94. The number of ketones is 2. The maximum atomic E-state index is 13.3. The highest BCUT2D eigenvalue weighted by atomic mass is 16.4. The molecular formula is C46H47N3O9. The van der Waals surface area contributed by atoms with Crippen LogP contribution in [0.15, 0.2) is 103 Å². The van der Waals surface area contributed by atoms with E-state index in [0.29, 0.717) is 16.7 Å². The second-order valence-electron chi connectivity index (χ2n) is 14.0. The minimum Gasteiger partial charge on any atom is -0.481 e. The van der Waals surface area contributed by atoms with E-state index in [1.807, 2.05) is 72.8 Å². The second-order valence-corrected chi connectivity index (χ2v) is 14.0. The van der Waals surface area contributed by atoms with Crippen molar-refractivity contribution in [3.05, 3.63) is 142 Å². The van der Waals surface area contributed by atoms with E-state index in [9.17, 15) is 38.7 Å². The number of rotatable bonds is 20. The van der Waals surface area contributed by atoms with E-state index >= 15 is 0 Å². The van der Waals surface area contributed by atoms with Crippen LogP contribution in [-0.4, -0.2) is 70.6 Å². The van der Waals surface area contributed by atoms with Gasteiger partial charge in [0, 0.05) is 42.9 Å². The van der Waals surface area contributed by atoms with Gasteiger partial charge in [-0.15, -0.1) is 0 Å². The Morgan fingerprint density at radius 2 is 1.07 bits per heavy atom. The Bertz CT molecular complexity index is 2140. The van der Waals surface area contributed by atoms with Crippen LogP contribution >= 0.6 is 0 Å². The van der Waals surface area contributed by atoms with Gasteiger partial charge in [-0.25, -0.2) is 4.79 Å². The zero-order valence-electron chi connectivity index (χ0n) is 32.5. The summed E-state index contributed by atoms with van der Waals surface area (Å²) in [4.78, 5) is 87.0. The van der Waals surface area contributed by atoms with Gasteiger partial charge in [-0.2, -0.15) is 0 Å². The van der Waals surface area contributed by atoms with Crippen LogP contribution in [0.1, 0.15) is 81.6 Å². The highest BCUT2D eigenvalue weighted by Gasteiger charge is 2.31. The van der Waals surface area contributed by atoms with E-state index < -0.39 is 59.9 Å². The maximum Gasteiger partial charge on any atom is 0.326 e. The lowest BCUT2D eigenvalue weighted by atomic mass is 9.91. The third-order valence-corrected chi connectivity index (χ3v) is 9.42. The van der Waals surface area contributed by atoms with E-state index in [2.05, 4.69) is 16.0 Å². The molecular weight excluding hydrogens is 739 g/mol. The van der Waals surface area contributed by atoms with Gasteiger partial charge in [-0.3, -0.25) is 28.8 Å². The number of aliphatic carboxylic acids is 2. The van der Waals surface area contributed by atoms with Crippen molar-refractivity contribution >= 4 is 65.5 Å². The van der Waals surface area contributed by atoms with Gasteiger partial charge in [0.05, 0.1) is 12.5 Å². The summed E-state index contributed by atoms with van der Waals surface area (Å²) in [6, 6.07) is 28.3. The molecule has 4 rings (SSSR count). The minimum absolute atomic E-state index is 0.0732. The number of benzene rings is 4. The molecule has 5 N–H and O–H groups in total. The van der Waals surface area contributed by atoms with Crippen molar-refractivity contribution in [2.24, 2.45) is 11.8 Å². The summed E-state index contributed by atoms with van der Waals surface area (Å²) in [6.07, 6.45) is 6.62. The van der Waals surface area contributed by atoms with Crippen LogP contribution in [0, 0.1) is 11.8 Å². The summed E-state index contributed by atoms with van der Waals surface area (Å²) in [5.74, 6) is -6.94. The van der Waals surface area contributed by atoms with Gasteiger partial charge in [0.1, 0.15) is 6.04 Å². The first-order chi connectivity index (χ1) is 27.7. The van der Waals surface area contributed by atoms with Gasteiger partial charge in [-0.05, 0) is 53.3 Å². The molecule has 4 aromatic rings. The minimum atomic E-state index is -1.69. The van der Waals surface area contributed by atoms with Crippen molar-refractivity contribution in [1.82, 2.24) is 16.0 Å².